The number of oxazole rings is 1. The molecule has 0 saturated carbocycles. The highest BCUT2D eigenvalue weighted by Gasteiger charge is 2.36. The number of hydrogen-bond donors (Lipinski definition) is 3. The number of nitrogens with one attached hydrogen (secondary N) is 3. The summed E-state index contributed by atoms with van der Waals surface area (Å²) in [7, 11) is 1.95. The number of anilines is 2. The molecule has 12 heteroatoms. The van der Waals surface area contributed by atoms with Gasteiger partial charge in [0.25, 0.3) is 5.56 Å². The quantitative estimate of drug-likeness (QED) is 0.290. The first-order valence-electron chi connectivity index (χ1n) is 12.5. The highest BCUT2D eigenvalue weighted by Crippen LogP contribution is 2.40. The maximum atomic E-state index is 14.2. The van der Waals surface area contributed by atoms with Crippen molar-refractivity contribution >= 4 is 33.3 Å². The number of imidazole rings is 1. The SMILES string of the molecule is C[C@H](Nc1c(-c2nc3cc(N4CCN(C)CC4)c(C(F)(F)F)cc3[nH]2)c(=O)[nH]c2ccccc12)c1cocn1. The second-order valence-corrected chi connectivity index (χ2v) is 9.79. The number of rotatable bonds is 5. The van der Waals surface area contributed by atoms with Crippen LogP contribution in [0.4, 0.5) is 24.5 Å². The number of pyridine rings is 1. The maximum Gasteiger partial charge on any atom is 0.418 e. The van der Waals surface area contributed by atoms with Gasteiger partial charge < -0.3 is 29.5 Å². The first-order chi connectivity index (χ1) is 18.7. The Kier molecular flexibility index (Phi) is 6.06. The van der Waals surface area contributed by atoms with E-state index in [1.54, 1.807) is 11.0 Å². The van der Waals surface area contributed by atoms with Crippen LogP contribution >= 0.6 is 0 Å². The van der Waals surface area contributed by atoms with E-state index in [-0.39, 0.29) is 28.6 Å². The van der Waals surface area contributed by atoms with E-state index in [9.17, 15) is 18.0 Å². The third kappa shape index (κ3) is 4.60. The second-order valence-electron chi connectivity index (χ2n) is 9.79. The Labute approximate surface area is 220 Å². The third-order valence-electron chi connectivity index (χ3n) is 7.16. The van der Waals surface area contributed by atoms with Gasteiger partial charge in [0.2, 0.25) is 0 Å². The fourth-order valence-corrected chi connectivity index (χ4v) is 5.05. The summed E-state index contributed by atoms with van der Waals surface area (Å²) in [6.45, 7) is 4.13. The van der Waals surface area contributed by atoms with Crippen LogP contribution in [-0.4, -0.2) is 58.1 Å². The number of piperazine rings is 1. The van der Waals surface area contributed by atoms with Gasteiger partial charge >= 0.3 is 6.18 Å². The molecule has 1 saturated heterocycles. The Hall–Kier alpha value is -4.32. The van der Waals surface area contributed by atoms with Crippen LogP contribution in [0.3, 0.4) is 0 Å². The van der Waals surface area contributed by atoms with E-state index in [1.807, 2.05) is 32.2 Å². The number of nitrogens with zero attached hydrogens (tertiary/aromatic N) is 4. The van der Waals surface area contributed by atoms with Crippen LogP contribution in [-0.2, 0) is 6.18 Å². The average molecular weight is 538 g/mol. The van der Waals surface area contributed by atoms with Crippen molar-refractivity contribution in [3.8, 4) is 11.4 Å². The molecule has 0 unspecified atom stereocenters. The second kappa shape index (κ2) is 9.45. The summed E-state index contributed by atoms with van der Waals surface area (Å²) < 4.78 is 47.6. The lowest BCUT2D eigenvalue weighted by Gasteiger charge is -2.35. The van der Waals surface area contributed by atoms with Gasteiger partial charge in [-0.2, -0.15) is 13.2 Å². The van der Waals surface area contributed by atoms with Crippen molar-refractivity contribution in [3.05, 3.63) is 70.7 Å². The zero-order valence-electron chi connectivity index (χ0n) is 21.3. The number of likely N-dealkylation sites (N-methyl/N-ethyl adjacent to an activating group) is 1. The Balaban J connectivity index is 1.52. The molecule has 6 rings (SSSR count). The van der Waals surface area contributed by atoms with Crippen molar-refractivity contribution < 1.29 is 17.6 Å². The molecule has 1 aliphatic heterocycles. The van der Waals surface area contributed by atoms with Gasteiger partial charge in [0, 0.05) is 31.6 Å². The molecular weight excluding hydrogens is 511 g/mol. The Morgan fingerprint density at radius 2 is 1.85 bits per heavy atom. The summed E-state index contributed by atoms with van der Waals surface area (Å²) in [4.78, 5) is 31.9. The van der Waals surface area contributed by atoms with Gasteiger partial charge in [0.05, 0.1) is 39.5 Å². The highest BCUT2D eigenvalue weighted by atomic mass is 19.4. The smallest absolute Gasteiger partial charge is 0.418 e. The minimum absolute atomic E-state index is 0.0894. The van der Waals surface area contributed by atoms with Crippen molar-refractivity contribution in [2.75, 3.05) is 43.4 Å². The zero-order valence-corrected chi connectivity index (χ0v) is 21.3. The van der Waals surface area contributed by atoms with Gasteiger partial charge in [-0.05, 0) is 32.2 Å². The lowest BCUT2D eigenvalue weighted by molar-refractivity contribution is -0.137. The molecule has 0 spiro atoms. The number of fused-ring (bicyclic) bond motifs is 2. The molecule has 1 atom stereocenters. The van der Waals surface area contributed by atoms with Gasteiger partial charge in [0.1, 0.15) is 23.3 Å². The lowest BCUT2D eigenvalue weighted by atomic mass is 10.1. The molecule has 5 aromatic rings. The van der Waals surface area contributed by atoms with E-state index < -0.39 is 17.3 Å². The van der Waals surface area contributed by atoms with Crippen molar-refractivity contribution in [3.63, 3.8) is 0 Å². The van der Waals surface area contributed by atoms with E-state index in [1.165, 1.54) is 18.7 Å². The standard InChI is InChI=1S/C27H26F3N7O2/c1-15(21-13-39-14-31-21)32-24-16-5-3-4-6-18(16)35-26(38)23(24)25-33-19-11-17(27(28,29)30)22(12-20(19)34-25)37-9-7-36(2)8-10-37/h3-6,11-15H,7-10H2,1-2H3,(H,33,34)(H2,32,35,38)/t15-/m0/s1. The molecule has 3 N–H and O–H groups in total. The maximum absolute atomic E-state index is 14.2. The predicted octanol–water partition coefficient (Wildman–Crippen LogP) is 5.00. The van der Waals surface area contributed by atoms with E-state index in [2.05, 4.69) is 30.2 Å². The van der Waals surface area contributed by atoms with E-state index >= 15 is 0 Å². The fraction of sp³-hybridized carbons (Fsp3) is 0.296. The molecule has 0 radical (unpaired) electrons. The number of H-pyrrole nitrogens is 2. The Morgan fingerprint density at radius 3 is 2.56 bits per heavy atom. The number of hydrogen-bond acceptors (Lipinski definition) is 7. The number of halogens is 3. The topological polar surface area (TPSA) is 106 Å². The highest BCUT2D eigenvalue weighted by molar-refractivity contribution is 5.99. The normalized spacial score (nSPS) is 15.8. The molecular formula is C27H26F3N7O2. The monoisotopic (exact) mass is 537 g/mol. The summed E-state index contributed by atoms with van der Waals surface area (Å²) in [5.74, 6) is 0.163. The number of aromatic amines is 2. The molecule has 1 fully saturated rings. The minimum atomic E-state index is -4.56. The molecule has 39 heavy (non-hydrogen) atoms. The molecule has 1 aliphatic rings. The zero-order chi connectivity index (χ0) is 27.3. The van der Waals surface area contributed by atoms with Crippen molar-refractivity contribution in [2.45, 2.75) is 19.1 Å². The molecule has 9 nitrogen and oxygen atoms in total. The third-order valence-corrected chi connectivity index (χ3v) is 7.16. The summed E-state index contributed by atoms with van der Waals surface area (Å²) in [5.41, 5.74) is 1.36. The van der Waals surface area contributed by atoms with Crippen molar-refractivity contribution in [2.24, 2.45) is 0 Å². The van der Waals surface area contributed by atoms with E-state index in [0.29, 0.717) is 48.6 Å². The molecule has 2 aromatic carbocycles. The van der Waals surface area contributed by atoms with E-state index in [0.717, 1.165) is 11.5 Å². The van der Waals surface area contributed by atoms with Crippen LogP contribution < -0.4 is 15.8 Å². The number of aromatic nitrogens is 4. The molecule has 0 aliphatic carbocycles. The summed E-state index contributed by atoms with van der Waals surface area (Å²) >= 11 is 0. The molecule has 4 heterocycles. The Bertz CT molecular complexity index is 1700. The van der Waals surface area contributed by atoms with Gasteiger partial charge in [-0.3, -0.25) is 4.79 Å². The first-order valence-corrected chi connectivity index (χ1v) is 12.5. The summed E-state index contributed by atoms with van der Waals surface area (Å²) in [6.07, 6.45) is -1.73. The van der Waals surface area contributed by atoms with Crippen LogP contribution in [0.15, 0.2) is 58.3 Å². The molecule has 0 amide bonds. The van der Waals surface area contributed by atoms with Gasteiger partial charge in [-0.1, -0.05) is 18.2 Å². The van der Waals surface area contributed by atoms with E-state index in [4.69, 9.17) is 4.42 Å². The van der Waals surface area contributed by atoms with Crippen LogP contribution in [0.5, 0.6) is 0 Å². The summed E-state index contributed by atoms with van der Waals surface area (Å²) in [5, 5.41) is 4.07. The Morgan fingerprint density at radius 1 is 1.08 bits per heavy atom. The van der Waals surface area contributed by atoms with Crippen molar-refractivity contribution in [1.29, 1.82) is 0 Å². The molecule has 202 valence electrons. The van der Waals surface area contributed by atoms with Gasteiger partial charge in [-0.25, -0.2) is 9.97 Å². The largest absolute Gasteiger partial charge is 0.451 e. The fourth-order valence-electron chi connectivity index (χ4n) is 5.05. The van der Waals surface area contributed by atoms with Gasteiger partial charge in [-0.15, -0.1) is 0 Å². The number of alkyl halides is 3. The van der Waals surface area contributed by atoms with Crippen LogP contribution in [0, 0.1) is 0 Å². The minimum Gasteiger partial charge on any atom is -0.451 e. The van der Waals surface area contributed by atoms with Crippen LogP contribution in [0.2, 0.25) is 0 Å². The summed E-state index contributed by atoms with van der Waals surface area (Å²) in [6, 6.07) is 9.49. The van der Waals surface area contributed by atoms with Crippen LogP contribution in [0.1, 0.15) is 24.2 Å². The molecule has 0 bridgehead atoms. The number of benzene rings is 2. The predicted molar refractivity (Wildman–Crippen MR) is 143 cm³/mol. The molecule has 3 aromatic heterocycles. The van der Waals surface area contributed by atoms with Crippen LogP contribution in [0.25, 0.3) is 33.3 Å². The lowest BCUT2D eigenvalue weighted by Crippen LogP contribution is -2.45. The van der Waals surface area contributed by atoms with Gasteiger partial charge in [0.15, 0.2) is 6.39 Å². The van der Waals surface area contributed by atoms with Crippen molar-refractivity contribution in [1.82, 2.24) is 24.8 Å². The average Bonchev–Trinajstić information content (AvgIpc) is 3.58. The number of para-hydroxylation sites is 1. The first kappa shape index (κ1) is 25.0.